The molecule has 3 heteroatoms. The third kappa shape index (κ3) is 2.56. The van der Waals surface area contributed by atoms with Gasteiger partial charge in [-0.25, -0.2) is 0 Å². The number of fused-ring (bicyclic) bond motifs is 1. The van der Waals surface area contributed by atoms with E-state index < -0.39 is 24.3 Å². The van der Waals surface area contributed by atoms with Crippen LogP contribution >= 0.6 is 0 Å². The van der Waals surface area contributed by atoms with E-state index >= 15 is 0 Å². The molecule has 0 spiro atoms. The molecule has 0 aromatic heterocycles. The highest BCUT2D eigenvalue weighted by Crippen LogP contribution is 2.51. The zero-order chi connectivity index (χ0) is 16.0. The standard InChI is InChI=1S/C15H26O3/c1-9-4-5-12(10(2)14(16)17)13-8-15(3,18)7-6-11(9)13/h9-13,18H,4-8H2,1-3H3,(H,16,17)/t9-,10-,11+,12+,13+,15-/m1/s1/i3+1D3. The van der Waals surface area contributed by atoms with E-state index in [0.29, 0.717) is 24.7 Å². The maximum absolute atomic E-state index is 11.3. The van der Waals surface area contributed by atoms with Crippen molar-refractivity contribution in [2.45, 2.75) is 58.4 Å². The summed E-state index contributed by atoms with van der Waals surface area (Å²) in [6, 6.07) is 0. The van der Waals surface area contributed by atoms with Gasteiger partial charge in [0.05, 0.1) is 11.5 Å². The number of carboxylic acid groups (broad SMARTS) is 1. The van der Waals surface area contributed by atoms with Crippen LogP contribution in [0.1, 0.15) is 56.9 Å². The topological polar surface area (TPSA) is 57.5 Å². The maximum Gasteiger partial charge on any atom is 0.306 e. The van der Waals surface area contributed by atoms with Gasteiger partial charge in [-0.1, -0.05) is 20.3 Å². The van der Waals surface area contributed by atoms with Gasteiger partial charge < -0.3 is 10.2 Å². The van der Waals surface area contributed by atoms with E-state index in [2.05, 4.69) is 6.92 Å². The van der Waals surface area contributed by atoms with Gasteiger partial charge in [0, 0.05) is 4.11 Å². The third-order valence-electron chi connectivity index (χ3n) is 5.28. The highest BCUT2D eigenvalue weighted by molar-refractivity contribution is 5.69. The van der Waals surface area contributed by atoms with Crippen LogP contribution in [-0.4, -0.2) is 21.8 Å². The van der Waals surface area contributed by atoms with Crippen LogP contribution in [0, 0.1) is 29.6 Å². The molecule has 0 heterocycles. The Kier molecular flexibility index (Phi) is 2.75. The molecule has 18 heavy (non-hydrogen) atoms. The molecular weight excluding hydrogens is 229 g/mol. The maximum atomic E-state index is 11.3. The molecule has 0 radical (unpaired) electrons. The summed E-state index contributed by atoms with van der Waals surface area (Å²) in [6.45, 7) is 1.48. The lowest BCUT2D eigenvalue weighted by atomic mass is 9.57. The van der Waals surface area contributed by atoms with E-state index in [1.807, 2.05) is 0 Å². The number of hydrogen-bond donors (Lipinski definition) is 2. The van der Waals surface area contributed by atoms with E-state index in [1.165, 1.54) is 0 Å². The number of rotatable bonds is 2. The Hall–Kier alpha value is -0.570. The Balaban J connectivity index is 2.26. The summed E-state index contributed by atoms with van der Waals surface area (Å²) in [5.41, 5.74) is -1.65. The monoisotopic (exact) mass is 258 g/mol. The highest BCUT2D eigenvalue weighted by Gasteiger charge is 2.47. The largest absolute Gasteiger partial charge is 0.481 e. The second-order valence-electron chi connectivity index (χ2n) is 6.45. The summed E-state index contributed by atoms with van der Waals surface area (Å²) in [6.07, 6.45) is 3.00. The summed E-state index contributed by atoms with van der Waals surface area (Å²) < 4.78 is 22.8. The van der Waals surface area contributed by atoms with Crippen molar-refractivity contribution in [3.05, 3.63) is 0 Å². The molecule has 2 aliphatic carbocycles. The van der Waals surface area contributed by atoms with Crippen molar-refractivity contribution < 1.29 is 19.1 Å². The van der Waals surface area contributed by atoms with Gasteiger partial charge in [0.15, 0.2) is 0 Å². The molecule has 104 valence electrons. The lowest BCUT2D eigenvalue weighted by Gasteiger charge is -2.50. The molecule has 0 amide bonds. The van der Waals surface area contributed by atoms with Crippen molar-refractivity contribution in [3.8, 4) is 0 Å². The zero-order valence-corrected chi connectivity index (χ0v) is 11.2. The van der Waals surface area contributed by atoms with Crippen LogP contribution in [0.2, 0.25) is 0 Å². The molecule has 0 aromatic carbocycles. The number of carboxylic acids is 1. The molecule has 2 fully saturated rings. The van der Waals surface area contributed by atoms with Gasteiger partial charge in [-0.05, 0) is 56.2 Å². The SMILES string of the molecule is [2H][13C]([2H])([2H])[C@@]1(O)CC[C@@H]2[C@H](C1)[C@H]([C@@H](C)C(=O)O)CC[C@H]2C. The van der Waals surface area contributed by atoms with Crippen molar-refractivity contribution in [2.75, 3.05) is 0 Å². The smallest absolute Gasteiger partial charge is 0.306 e. The first-order chi connectivity index (χ1) is 9.57. The van der Waals surface area contributed by atoms with Crippen molar-refractivity contribution in [1.82, 2.24) is 0 Å². The molecule has 3 nitrogen and oxygen atoms in total. The number of carbonyl (C=O) groups is 1. The first kappa shape index (κ1) is 10.2. The molecule has 6 atom stereocenters. The molecule has 2 aliphatic rings. The Morgan fingerprint density at radius 3 is 2.72 bits per heavy atom. The Morgan fingerprint density at radius 2 is 2.11 bits per heavy atom. The molecule has 0 unspecified atom stereocenters. The predicted molar refractivity (Wildman–Crippen MR) is 70.1 cm³/mol. The van der Waals surface area contributed by atoms with Crippen molar-refractivity contribution in [1.29, 1.82) is 0 Å². The molecule has 2 rings (SSSR count). The van der Waals surface area contributed by atoms with Gasteiger partial charge in [-0.15, -0.1) is 0 Å². The Morgan fingerprint density at radius 1 is 1.39 bits per heavy atom. The van der Waals surface area contributed by atoms with E-state index in [-0.39, 0.29) is 18.3 Å². The van der Waals surface area contributed by atoms with E-state index in [4.69, 9.17) is 4.11 Å². The van der Waals surface area contributed by atoms with Crippen molar-refractivity contribution >= 4 is 5.97 Å². The van der Waals surface area contributed by atoms with Crippen LogP contribution < -0.4 is 0 Å². The molecular formula is C15H26O3. The van der Waals surface area contributed by atoms with Gasteiger partial charge in [0.2, 0.25) is 0 Å². The minimum Gasteiger partial charge on any atom is -0.481 e. The van der Waals surface area contributed by atoms with Crippen LogP contribution in [0.4, 0.5) is 0 Å². The van der Waals surface area contributed by atoms with Crippen LogP contribution in [0.5, 0.6) is 0 Å². The van der Waals surface area contributed by atoms with E-state index in [0.717, 1.165) is 12.8 Å². The molecule has 0 aliphatic heterocycles. The first-order valence-electron chi connectivity index (χ1n) is 8.52. The fourth-order valence-electron chi connectivity index (χ4n) is 4.13. The fourth-order valence-corrected chi connectivity index (χ4v) is 4.13. The summed E-state index contributed by atoms with van der Waals surface area (Å²) in [5.74, 6) is -0.515. The van der Waals surface area contributed by atoms with Crippen LogP contribution in [0.3, 0.4) is 0 Å². The average molecular weight is 258 g/mol. The van der Waals surface area contributed by atoms with E-state index in [9.17, 15) is 15.0 Å². The van der Waals surface area contributed by atoms with Gasteiger partial charge in [0.25, 0.3) is 0 Å². The summed E-state index contributed by atoms with van der Waals surface area (Å²) in [7, 11) is 0. The quantitative estimate of drug-likeness (QED) is 0.749. The van der Waals surface area contributed by atoms with Crippen molar-refractivity contribution in [3.63, 3.8) is 0 Å². The average Bonchev–Trinajstić information content (AvgIpc) is 2.37. The predicted octanol–water partition coefficient (Wildman–Crippen LogP) is 2.92. The molecule has 2 N–H and O–H groups in total. The highest BCUT2D eigenvalue weighted by atomic mass is 16.4. The molecule has 0 bridgehead atoms. The second kappa shape index (κ2) is 4.84. The summed E-state index contributed by atoms with van der Waals surface area (Å²) >= 11 is 0. The number of aliphatic hydroxyl groups is 1. The molecule has 2 saturated carbocycles. The normalized spacial score (nSPS) is 49.4. The number of hydrogen-bond acceptors (Lipinski definition) is 2. The second-order valence-corrected chi connectivity index (χ2v) is 6.45. The van der Waals surface area contributed by atoms with Gasteiger partial charge in [-0.2, -0.15) is 0 Å². The third-order valence-corrected chi connectivity index (χ3v) is 5.28. The summed E-state index contributed by atoms with van der Waals surface area (Å²) in [5, 5.41) is 19.9. The lowest BCUT2D eigenvalue weighted by molar-refractivity contribution is -0.147. The zero-order valence-electron chi connectivity index (χ0n) is 14.2. The van der Waals surface area contributed by atoms with Crippen LogP contribution in [0.25, 0.3) is 0 Å². The van der Waals surface area contributed by atoms with Gasteiger partial charge >= 0.3 is 5.97 Å². The molecule has 0 saturated heterocycles. The minimum absolute atomic E-state index is 0.000903. The van der Waals surface area contributed by atoms with Crippen molar-refractivity contribution in [2.24, 2.45) is 29.6 Å². The van der Waals surface area contributed by atoms with E-state index in [1.54, 1.807) is 6.92 Å². The molecule has 0 aromatic rings. The van der Waals surface area contributed by atoms with Crippen LogP contribution in [0.15, 0.2) is 0 Å². The Bertz CT molecular complexity index is 409. The fraction of sp³-hybridized carbons (Fsp3) is 0.933. The van der Waals surface area contributed by atoms with Gasteiger partial charge in [-0.3, -0.25) is 4.79 Å². The van der Waals surface area contributed by atoms with Crippen LogP contribution in [-0.2, 0) is 4.79 Å². The number of aliphatic carboxylic acids is 1. The first-order valence-corrected chi connectivity index (χ1v) is 7.02. The Labute approximate surface area is 114 Å². The summed E-state index contributed by atoms with van der Waals surface area (Å²) in [4.78, 5) is 11.3. The van der Waals surface area contributed by atoms with Gasteiger partial charge in [0.1, 0.15) is 0 Å². The minimum atomic E-state index is -2.39. The lowest BCUT2D eigenvalue weighted by Crippen LogP contribution is -2.46.